The van der Waals surface area contributed by atoms with Crippen LogP contribution in [-0.4, -0.2) is 0 Å². The third-order valence-electron chi connectivity index (χ3n) is 31.9. The lowest BCUT2D eigenvalue weighted by molar-refractivity contribution is -0.665. The molecule has 4 fully saturated rings. The Morgan fingerprint density at radius 2 is 0.731 bits per heavy atom. The van der Waals surface area contributed by atoms with Crippen molar-refractivity contribution in [2.75, 3.05) is 0 Å². The molecule has 5 aliphatic rings. The highest BCUT2D eigenvalue weighted by Crippen LogP contribution is 2.52. The van der Waals surface area contributed by atoms with Crippen LogP contribution in [0.15, 0.2) is 243 Å². The van der Waals surface area contributed by atoms with Crippen LogP contribution in [0.1, 0.15) is 267 Å². The Labute approximate surface area is 807 Å². The molecule has 5 aliphatic carbocycles. The van der Waals surface area contributed by atoms with Crippen molar-refractivity contribution in [3.63, 3.8) is 0 Å². The summed E-state index contributed by atoms with van der Waals surface area (Å²) < 4.78 is 74.4. The molecule has 4 saturated carbocycles. The second-order valence-electron chi connectivity index (χ2n) is 40.8. The standard InChI is InChI=1S/C32H34N.C27H28N.C25H29FN.C25H30N.C19H20N/c1-20-16-28-26-12-8-9-13-29(26)32(3,4)30(28)19-27(20)31-25-15-14-23(22-10-6-7-11-22)18-24(25)17-21(2)33(31)5;1-18-14-21-10-6-7-11-22(21)17-26(18)27-25-13-12-23(20-8-4-5-9-20)16-24(25)15-19(2)28(27)3;1-15-12-23(17(3)18(4)24(15)26)25-22-11-10-20(19-8-6-7-9-19)14-21(22)13-16(2)27(25)5;1-5-19-14-17(2)15-24(18(19)3)25-23-11-10-21(20-8-6-7-9-20)16-22(23)12-13-26(25)4;1-13-11-14(2)15(3)18(12-13)19-17-8-6-5-7-16(17)9-10-20(19)4/h8-9,12-19,22H,6-7,10-11H2,1-5H3;6-7,10-17,20H,4-5,8-9H2,1-3H3;10-14,19H,6-9H2,1-5H3;10-16,20H,5-9H2,1-4H3;5-12H,1-4H3/q5*+1/i;;;2D3,5D2,13D;. The molecule has 0 saturated heterocycles. The van der Waals surface area contributed by atoms with Crippen LogP contribution in [0.25, 0.3) is 132 Å². The van der Waals surface area contributed by atoms with E-state index in [0.717, 1.165) is 45.0 Å². The average molecular weight is 1770 g/mol. The molecule has 22 rings (SSSR count). The molecule has 5 heterocycles. The van der Waals surface area contributed by atoms with E-state index in [2.05, 4.69) is 328 Å². The minimum absolute atomic E-state index is 0.0161. The molecule has 6 heteroatoms. The lowest BCUT2D eigenvalue weighted by Gasteiger charge is -2.22. The summed E-state index contributed by atoms with van der Waals surface area (Å²) in [6, 6.07) is 84.4. The van der Waals surface area contributed by atoms with Gasteiger partial charge in [0.2, 0.25) is 28.5 Å². The molecule has 0 amide bonds. The van der Waals surface area contributed by atoms with Gasteiger partial charge in [-0.2, -0.15) is 13.7 Å². The van der Waals surface area contributed by atoms with Crippen LogP contribution < -0.4 is 22.8 Å². The molecule has 0 N–H and O–H groups in total. The van der Waals surface area contributed by atoms with Crippen LogP contribution in [0, 0.1) is 95.8 Å². The minimum atomic E-state index is -2.36. The molecule has 0 atom stereocenters. The summed E-state index contributed by atoms with van der Waals surface area (Å²) in [5.74, 6) is 2.69. The van der Waals surface area contributed by atoms with Crippen molar-refractivity contribution in [2.45, 2.75) is 249 Å². The predicted octanol–water partition coefficient (Wildman–Crippen LogP) is 31.5. The van der Waals surface area contributed by atoms with E-state index in [4.69, 9.17) is 8.22 Å². The van der Waals surface area contributed by atoms with Gasteiger partial charge in [0.1, 0.15) is 42.4 Å². The van der Waals surface area contributed by atoms with Gasteiger partial charge in [-0.05, 0) is 349 Å². The molecule has 0 unspecified atom stereocenters. The van der Waals surface area contributed by atoms with Gasteiger partial charge in [-0.15, -0.1) is 0 Å². The van der Waals surface area contributed by atoms with E-state index in [0.29, 0.717) is 40.3 Å². The largest absolute Gasteiger partial charge is 0.220 e. The number of hydrogen-bond donors (Lipinski definition) is 0. The molecular formula is C128H141FN5+5. The number of rotatable bonds is 10. The number of hydrogen-bond acceptors (Lipinski definition) is 0. The molecule has 0 spiro atoms. The molecule has 0 aliphatic heterocycles. The second-order valence-corrected chi connectivity index (χ2v) is 40.8. The Morgan fingerprint density at radius 1 is 0.321 bits per heavy atom. The van der Waals surface area contributed by atoms with Gasteiger partial charge in [-0.1, -0.05) is 217 Å². The monoisotopic (exact) mass is 1770 g/mol. The van der Waals surface area contributed by atoms with Gasteiger partial charge in [0.05, 0.1) is 54.7 Å². The average Bonchev–Trinajstić information content (AvgIpc) is 1.54. The lowest BCUT2D eigenvalue weighted by Crippen LogP contribution is -2.35. The smallest absolute Gasteiger partial charge is 0.206 e. The van der Waals surface area contributed by atoms with Crippen molar-refractivity contribution < 1.29 is 35.5 Å². The summed E-state index contributed by atoms with van der Waals surface area (Å²) in [5, 5.41) is 15.1. The normalized spacial score (nSPS) is 15.7. The van der Waals surface area contributed by atoms with Gasteiger partial charge >= 0.3 is 0 Å². The molecule has 5 aromatic heterocycles. The maximum Gasteiger partial charge on any atom is 0.220 e. The first-order valence-corrected chi connectivity index (χ1v) is 49.7. The second kappa shape index (κ2) is 38.3. The van der Waals surface area contributed by atoms with E-state index in [1.165, 1.54) is 298 Å². The third-order valence-corrected chi connectivity index (χ3v) is 31.9. The van der Waals surface area contributed by atoms with Gasteiger partial charge in [-0.25, -0.2) is 13.5 Å². The zero-order valence-corrected chi connectivity index (χ0v) is 83.3. The summed E-state index contributed by atoms with van der Waals surface area (Å²) in [5.41, 5.74) is 37.5. The molecule has 0 radical (unpaired) electrons. The van der Waals surface area contributed by atoms with Crippen LogP contribution in [0.3, 0.4) is 0 Å². The number of aromatic nitrogens is 5. The molecule has 0 bridgehead atoms. The maximum absolute atomic E-state index is 14.4. The van der Waals surface area contributed by atoms with E-state index in [-0.39, 0.29) is 16.8 Å². The van der Waals surface area contributed by atoms with E-state index in [1.54, 1.807) is 10.6 Å². The first kappa shape index (κ1) is 84.8. The van der Waals surface area contributed by atoms with E-state index < -0.39 is 13.2 Å². The van der Waals surface area contributed by atoms with Crippen molar-refractivity contribution in [1.29, 1.82) is 0 Å². The molecule has 5 nitrogen and oxygen atoms in total. The fourth-order valence-electron chi connectivity index (χ4n) is 23.6. The lowest BCUT2D eigenvalue weighted by atomic mass is 9.81. The molecule has 17 aromatic rings. The maximum atomic E-state index is 14.4. The Balaban J connectivity index is 0.000000117. The van der Waals surface area contributed by atoms with Crippen LogP contribution >= 0.6 is 0 Å². The Bertz CT molecular complexity index is 7760. The van der Waals surface area contributed by atoms with Gasteiger partial charge < -0.3 is 0 Å². The summed E-state index contributed by atoms with van der Waals surface area (Å²) in [6.45, 7) is 29.2. The highest BCUT2D eigenvalue weighted by atomic mass is 19.1. The van der Waals surface area contributed by atoms with Gasteiger partial charge in [-0.3, -0.25) is 0 Å². The first-order chi connectivity index (χ1) is 66.8. The van der Waals surface area contributed by atoms with Crippen molar-refractivity contribution >= 4 is 64.6 Å². The summed E-state index contributed by atoms with van der Waals surface area (Å²) >= 11 is 0. The van der Waals surface area contributed by atoms with E-state index in [9.17, 15) is 4.39 Å². The van der Waals surface area contributed by atoms with Crippen LogP contribution in [-0.2, 0) is 47.0 Å². The number of halogens is 1. The number of aryl methyl sites for hydroxylation is 11. The molecule has 680 valence electrons. The number of benzene rings is 12. The predicted molar refractivity (Wildman–Crippen MR) is 564 cm³/mol. The Morgan fingerprint density at radius 3 is 1.25 bits per heavy atom. The first-order valence-electron chi connectivity index (χ1n) is 52.7. The van der Waals surface area contributed by atoms with Crippen LogP contribution in [0.5, 0.6) is 0 Å². The van der Waals surface area contributed by atoms with Gasteiger partial charge in [0.15, 0.2) is 29.5 Å². The zero-order valence-electron chi connectivity index (χ0n) is 89.3. The molecule has 12 aromatic carbocycles. The number of fused-ring (bicyclic) bond motifs is 9. The third kappa shape index (κ3) is 17.8. The quantitative estimate of drug-likeness (QED) is 0.122. The highest BCUT2D eigenvalue weighted by Gasteiger charge is 2.38. The fraction of sp³-hybridized carbons (Fsp3) is 0.336. The Hall–Kier alpha value is -12.1. The van der Waals surface area contributed by atoms with Crippen molar-refractivity contribution in [2.24, 2.45) is 35.2 Å². The molecule has 134 heavy (non-hydrogen) atoms. The SMILES string of the molecule is Cc1cc(-c2c3ccc(C4CCCC4)cc3cc(C)[n+]2C)c(C)c(C)c1F.Cc1cc(C)c(C)c(-c2c3ccccc3cc[n+]2C)c1.Cc1cc2c(cc1-c1c3ccc(C4CCCC4)cc3cc(C)[n+]1C)C(C)(C)c1ccccc1-2.Cc1cc2ccccc2cc1-c1c2ccc(C3CCCC3)cc2cc(C)[n+]1C.[2H]c1cc2cc(C3CCCC3)ccc2c(-c2cc(C([2H])([2H])[2H])cc(C([2H])([2H])C)c2C)[n+]1C. The zero-order chi connectivity index (χ0) is 99.1. The number of pyridine rings is 5. The summed E-state index contributed by atoms with van der Waals surface area (Å²) in [7, 11) is 10.5. The van der Waals surface area contributed by atoms with Gasteiger partial charge in [0.25, 0.3) is 0 Å². The minimum Gasteiger partial charge on any atom is -0.206 e. The van der Waals surface area contributed by atoms with E-state index >= 15 is 0 Å². The number of nitrogens with zero attached hydrogens (tertiary/aromatic N) is 5. The Kier molecular flexibility index (Phi) is 24.3. The highest BCUT2D eigenvalue weighted by molar-refractivity contribution is 6.01. The van der Waals surface area contributed by atoms with Crippen LogP contribution in [0.2, 0.25) is 0 Å². The van der Waals surface area contributed by atoms with Gasteiger partial charge in [0, 0.05) is 63.4 Å². The summed E-state index contributed by atoms with van der Waals surface area (Å²) in [6.07, 6.45) is 21.9. The van der Waals surface area contributed by atoms with E-state index in [1.807, 2.05) is 46.9 Å². The molecular weight excluding hydrogens is 1630 g/mol. The topological polar surface area (TPSA) is 19.4 Å². The van der Waals surface area contributed by atoms with Crippen LogP contribution in [0.4, 0.5) is 4.39 Å². The summed E-state index contributed by atoms with van der Waals surface area (Å²) in [4.78, 5) is 0. The fourth-order valence-corrected chi connectivity index (χ4v) is 23.6. The van der Waals surface area contributed by atoms with Crippen molar-refractivity contribution in [3.8, 4) is 67.4 Å². The van der Waals surface area contributed by atoms with Crippen molar-refractivity contribution in [1.82, 2.24) is 0 Å². The van der Waals surface area contributed by atoms with Crippen molar-refractivity contribution in [3.05, 3.63) is 360 Å².